The first-order chi connectivity index (χ1) is 15.1. The van der Waals surface area contributed by atoms with Gasteiger partial charge in [-0.1, -0.05) is 11.6 Å². The van der Waals surface area contributed by atoms with Crippen LogP contribution >= 0.6 is 11.6 Å². The predicted octanol–water partition coefficient (Wildman–Crippen LogP) is 6.27. The standard InChI is InChI=1S/C25H25ClFNO4/c1-13-20(23(24(29)30)32-25(2,3)4)21(17-12-14(27)7-9-18(17)28-13)16-8-10-19-15(22(16)26)6-5-11-31-19/h7-10,12,23H,5-6,11H2,1-4H3,(H,29,30)/t23-/m0/s1. The van der Waals surface area contributed by atoms with Gasteiger partial charge in [-0.3, -0.25) is 4.98 Å². The van der Waals surface area contributed by atoms with Crippen molar-refractivity contribution in [2.45, 2.75) is 52.2 Å². The summed E-state index contributed by atoms with van der Waals surface area (Å²) in [5.41, 5.74) is 2.65. The van der Waals surface area contributed by atoms with Crippen molar-refractivity contribution >= 4 is 28.5 Å². The van der Waals surface area contributed by atoms with Crippen LogP contribution in [0, 0.1) is 12.7 Å². The zero-order valence-corrected chi connectivity index (χ0v) is 19.2. The molecule has 1 aliphatic rings. The number of hydrogen-bond acceptors (Lipinski definition) is 4. The minimum Gasteiger partial charge on any atom is -0.493 e. The summed E-state index contributed by atoms with van der Waals surface area (Å²) in [5, 5.41) is 11.0. The molecule has 2 heterocycles. The number of aliphatic carboxylic acids is 1. The van der Waals surface area contributed by atoms with E-state index in [9.17, 15) is 14.3 Å². The van der Waals surface area contributed by atoms with Gasteiger partial charge in [0, 0.05) is 33.3 Å². The van der Waals surface area contributed by atoms with E-state index in [1.165, 1.54) is 12.1 Å². The number of pyridine rings is 1. The van der Waals surface area contributed by atoms with Gasteiger partial charge >= 0.3 is 5.97 Å². The number of carboxylic acids is 1. The number of hydrogen-bond donors (Lipinski definition) is 1. The van der Waals surface area contributed by atoms with Gasteiger partial charge in [-0.25, -0.2) is 9.18 Å². The van der Waals surface area contributed by atoms with Gasteiger partial charge < -0.3 is 14.6 Å². The molecule has 1 aliphatic heterocycles. The van der Waals surface area contributed by atoms with Crippen LogP contribution in [0.3, 0.4) is 0 Å². The molecule has 168 valence electrons. The molecule has 7 heteroatoms. The van der Waals surface area contributed by atoms with Crippen LogP contribution in [0.15, 0.2) is 30.3 Å². The molecule has 0 bridgehead atoms. The Labute approximate surface area is 191 Å². The molecule has 32 heavy (non-hydrogen) atoms. The molecule has 0 aliphatic carbocycles. The van der Waals surface area contributed by atoms with E-state index >= 15 is 0 Å². The lowest BCUT2D eigenvalue weighted by Gasteiger charge is -2.29. The second-order valence-corrected chi connectivity index (χ2v) is 9.33. The van der Waals surface area contributed by atoms with E-state index in [1.807, 2.05) is 6.07 Å². The van der Waals surface area contributed by atoms with E-state index in [4.69, 9.17) is 21.1 Å². The van der Waals surface area contributed by atoms with Gasteiger partial charge in [0.1, 0.15) is 11.6 Å². The van der Waals surface area contributed by atoms with E-state index in [0.717, 1.165) is 18.4 Å². The lowest BCUT2D eigenvalue weighted by molar-refractivity contribution is -0.160. The average Bonchev–Trinajstić information content (AvgIpc) is 2.72. The number of carbonyl (C=O) groups is 1. The Balaban J connectivity index is 2.09. The van der Waals surface area contributed by atoms with Crippen LogP contribution in [0.5, 0.6) is 5.75 Å². The molecule has 0 fully saturated rings. The molecule has 0 radical (unpaired) electrons. The number of aromatic nitrogens is 1. The van der Waals surface area contributed by atoms with Gasteiger partial charge in [0.2, 0.25) is 0 Å². The number of rotatable bonds is 4. The van der Waals surface area contributed by atoms with Gasteiger partial charge in [0.25, 0.3) is 0 Å². The highest BCUT2D eigenvalue weighted by molar-refractivity contribution is 6.35. The summed E-state index contributed by atoms with van der Waals surface area (Å²) in [6.07, 6.45) is 0.265. The molecular formula is C25H25ClFNO4. The summed E-state index contributed by atoms with van der Waals surface area (Å²) < 4.78 is 26.0. The molecule has 0 spiro atoms. The Hall–Kier alpha value is -2.70. The van der Waals surface area contributed by atoms with Crippen molar-refractivity contribution in [3.05, 3.63) is 58.0 Å². The van der Waals surface area contributed by atoms with Crippen molar-refractivity contribution < 1.29 is 23.8 Å². The van der Waals surface area contributed by atoms with Gasteiger partial charge in [0.05, 0.1) is 22.7 Å². The van der Waals surface area contributed by atoms with Crippen molar-refractivity contribution in [3.8, 4) is 16.9 Å². The first-order valence-corrected chi connectivity index (χ1v) is 10.9. The normalized spacial score (nSPS) is 14.7. The zero-order valence-electron chi connectivity index (χ0n) is 18.5. The van der Waals surface area contributed by atoms with Crippen molar-refractivity contribution in [1.82, 2.24) is 4.98 Å². The van der Waals surface area contributed by atoms with Crippen LogP contribution in [0.25, 0.3) is 22.0 Å². The minimum absolute atomic E-state index is 0.365. The fraction of sp³-hybridized carbons (Fsp3) is 0.360. The molecular weight excluding hydrogens is 433 g/mol. The molecule has 4 rings (SSSR count). The Bertz CT molecular complexity index is 1220. The topological polar surface area (TPSA) is 68.7 Å². The second kappa shape index (κ2) is 8.34. The summed E-state index contributed by atoms with van der Waals surface area (Å²) >= 11 is 6.86. The number of aryl methyl sites for hydroxylation is 1. The third-order valence-corrected chi connectivity index (χ3v) is 5.86. The van der Waals surface area contributed by atoms with Gasteiger partial charge in [-0.15, -0.1) is 0 Å². The highest BCUT2D eigenvalue weighted by Crippen LogP contribution is 2.45. The lowest BCUT2D eigenvalue weighted by atomic mass is 9.89. The van der Waals surface area contributed by atoms with Crippen molar-refractivity contribution in [3.63, 3.8) is 0 Å². The molecule has 1 aromatic heterocycles. The van der Waals surface area contributed by atoms with E-state index in [-0.39, 0.29) is 0 Å². The maximum atomic E-state index is 14.3. The number of ether oxygens (including phenoxy) is 2. The molecule has 0 saturated heterocycles. The highest BCUT2D eigenvalue weighted by atomic mass is 35.5. The SMILES string of the molecule is Cc1nc2ccc(F)cc2c(-c2ccc3c(c2Cl)CCCO3)c1[C@H](OC(C)(C)C)C(=O)O. The maximum Gasteiger partial charge on any atom is 0.337 e. The highest BCUT2D eigenvalue weighted by Gasteiger charge is 2.33. The van der Waals surface area contributed by atoms with Crippen molar-refractivity contribution in [2.24, 2.45) is 0 Å². The summed E-state index contributed by atoms with van der Waals surface area (Å²) in [6.45, 7) is 7.72. The van der Waals surface area contributed by atoms with Gasteiger partial charge in [-0.2, -0.15) is 0 Å². The summed E-state index contributed by atoms with van der Waals surface area (Å²) in [7, 11) is 0. The van der Waals surface area contributed by atoms with Crippen LogP contribution in [0.4, 0.5) is 4.39 Å². The average molecular weight is 458 g/mol. The van der Waals surface area contributed by atoms with E-state index in [1.54, 1.807) is 39.8 Å². The number of nitrogens with zero attached hydrogens (tertiary/aromatic N) is 1. The largest absolute Gasteiger partial charge is 0.493 e. The number of halogens is 2. The Morgan fingerprint density at radius 2 is 2.03 bits per heavy atom. The Morgan fingerprint density at radius 1 is 1.28 bits per heavy atom. The molecule has 1 N–H and O–H groups in total. The Kier molecular flexibility index (Phi) is 5.86. The van der Waals surface area contributed by atoms with Gasteiger partial charge in [0.15, 0.2) is 6.10 Å². The predicted molar refractivity (Wildman–Crippen MR) is 122 cm³/mol. The molecule has 0 unspecified atom stereocenters. The number of fused-ring (bicyclic) bond motifs is 2. The van der Waals surface area contributed by atoms with Crippen LogP contribution < -0.4 is 4.74 Å². The van der Waals surface area contributed by atoms with E-state index < -0.39 is 23.5 Å². The van der Waals surface area contributed by atoms with E-state index in [2.05, 4.69) is 4.98 Å². The molecule has 0 amide bonds. The monoisotopic (exact) mass is 457 g/mol. The fourth-order valence-corrected chi connectivity index (χ4v) is 4.51. The smallest absolute Gasteiger partial charge is 0.337 e. The van der Waals surface area contributed by atoms with Crippen LogP contribution in [-0.2, 0) is 16.0 Å². The first-order valence-electron chi connectivity index (χ1n) is 10.5. The maximum absolute atomic E-state index is 14.3. The van der Waals surface area contributed by atoms with E-state index in [0.29, 0.717) is 50.7 Å². The van der Waals surface area contributed by atoms with Crippen molar-refractivity contribution in [2.75, 3.05) is 6.61 Å². The molecule has 5 nitrogen and oxygen atoms in total. The summed E-state index contributed by atoms with van der Waals surface area (Å²) in [6, 6.07) is 7.91. The quantitative estimate of drug-likeness (QED) is 0.500. The molecule has 2 aromatic carbocycles. The van der Waals surface area contributed by atoms with Crippen LogP contribution in [-0.4, -0.2) is 28.3 Å². The van der Waals surface area contributed by atoms with Crippen LogP contribution in [0.1, 0.15) is 50.1 Å². The molecule has 0 saturated carbocycles. The third kappa shape index (κ3) is 4.17. The minimum atomic E-state index is -1.31. The number of carboxylic acid groups (broad SMARTS) is 1. The first kappa shape index (κ1) is 22.5. The van der Waals surface area contributed by atoms with Gasteiger partial charge in [-0.05, 0) is 70.9 Å². The lowest BCUT2D eigenvalue weighted by Crippen LogP contribution is -2.28. The third-order valence-electron chi connectivity index (χ3n) is 5.43. The molecule has 1 atom stereocenters. The molecule has 3 aromatic rings. The van der Waals surface area contributed by atoms with Crippen LogP contribution in [0.2, 0.25) is 5.02 Å². The van der Waals surface area contributed by atoms with Crippen molar-refractivity contribution in [1.29, 1.82) is 0 Å². The zero-order chi connectivity index (χ0) is 23.2. The number of benzene rings is 2. The summed E-state index contributed by atoms with van der Waals surface area (Å²) in [5.74, 6) is -0.885. The second-order valence-electron chi connectivity index (χ2n) is 8.95. The Morgan fingerprint density at radius 3 is 2.72 bits per heavy atom. The fourth-order valence-electron chi connectivity index (χ4n) is 4.17. The summed E-state index contributed by atoms with van der Waals surface area (Å²) in [4.78, 5) is 16.9.